The molecule has 0 unspecified atom stereocenters. The molecule has 0 amide bonds. The highest BCUT2D eigenvalue weighted by Crippen LogP contribution is 2.10. The van der Waals surface area contributed by atoms with Gasteiger partial charge in [-0.05, 0) is 39.9 Å². The van der Waals surface area contributed by atoms with Crippen LogP contribution in [0, 0.1) is 0 Å². The van der Waals surface area contributed by atoms with Crippen LogP contribution in [-0.2, 0) is 4.74 Å². The number of hydrogen-bond acceptors (Lipinski definition) is 3. The highest BCUT2D eigenvalue weighted by atomic mass is 16.5. The second-order valence-corrected chi connectivity index (χ2v) is 3.86. The Kier molecular flexibility index (Phi) is 4.70. The Morgan fingerprint density at radius 2 is 2.00 bits per heavy atom. The molecule has 0 saturated carbocycles. The molecule has 1 aliphatic heterocycles. The molecule has 0 spiro atoms. The van der Waals surface area contributed by atoms with Crippen molar-refractivity contribution in [2.75, 3.05) is 33.8 Å². The van der Waals surface area contributed by atoms with Gasteiger partial charge >= 0.3 is 0 Å². The lowest BCUT2D eigenvalue weighted by Crippen LogP contribution is -2.43. The van der Waals surface area contributed by atoms with Gasteiger partial charge in [0.05, 0.1) is 6.10 Å². The molecule has 2 atom stereocenters. The summed E-state index contributed by atoms with van der Waals surface area (Å²) in [4.78, 5) is 2.49. The zero-order valence-corrected chi connectivity index (χ0v) is 9.05. The maximum atomic E-state index is 5.46. The Hall–Kier alpha value is -0.120. The van der Waals surface area contributed by atoms with E-state index in [1.807, 2.05) is 7.05 Å². The van der Waals surface area contributed by atoms with Crippen LogP contribution >= 0.6 is 0 Å². The molecule has 0 bridgehead atoms. The largest absolute Gasteiger partial charge is 0.379 e. The molecule has 1 aliphatic rings. The Morgan fingerprint density at radius 1 is 1.38 bits per heavy atom. The van der Waals surface area contributed by atoms with Crippen LogP contribution in [0.2, 0.25) is 0 Å². The highest BCUT2D eigenvalue weighted by molar-refractivity contribution is 4.77. The Labute approximate surface area is 81.4 Å². The van der Waals surface area contributed by atoms with Gasteiger partial charge in [0.1, 0.15) is 0 Å². The maximum Gasteiger partial charge on any atom is 0.0847 e. The predicted molar refractivity (Wildman–Crippen MR) is 55.0 cm³/mol. The van der Waals surface area contributed by atoms with Crippen LogP contribution in [0.3, 0.4) is 0 Å². The topological polar surface area (TPSA) is 24.5 Å². The normalized spacial score (nSPS) is 23.3. The number of methoxy groups -OCH3 is 1. The molecular formula is C10H22N2O. The molecule has 0 radical (unpaired) electrons. The molecule has 1 N–H and O–H groups in total. The molecule has 3 nitrogen and oxygen atoms in total. The molecular weight excluding hydrogens is 164 g/mol. The number of ether oxygens (including phenoxy) is 1. The quantitative estimate of drug-likeness (QED) is 0.684. The minimum absolute atomic E-state index is 0.322. The van der Waals surface area contributed by atoms with E-state index in [1.54, 1.807) is 7.11 Å². The third kappa shape index (κ3) is 3.25. The van der Waals surface area contributed by atoms with E-state index < -0.39 is 0 Å². The lowest BCUT2D eigenvalue weighted by atomic mass is 10.2. The summed E-state index contributed by atoms with van der Waals surface area (Å²) in [6.45, 7) is 5.73. The fourth-order valence-electron chi connectivity index (χ4n) is 1.84. The molecule has 1 saturated heterocycles. The number of likely N-dealkylation sites (N-methyl/N-ethyl adjacent to an activating group) is 1. The van der Waals surface area contributed by atoms with Crippen LogP contribution in [0.15, 0.2) is 0 Å². The van der Waals surface area contributed by atoms with Crippen LogP contribution < -0.4 is 5.32 Å². The van der Waals surface area contributed by atoms with Crippen molar-refractivity contribution in [1.29, 1.82) is 0 Å². The van der Waals surface area contributed by atoms with Crippen LogP contribution in [0.4, 0.5) is 0 Å². The minimum atomic E-state index is 0.322. The van der Waals surface area contributed by atoms with Gasteiger partial charge < -0.3 is 15.0 Å². The van der Waals surface area contributed by atoms with Gasteiger partial charge in [0.2, 0.25) is 0 Å². The monoisotopic (exact) mass is 186 g/mol. The van der Waals surface area contributed by atoms with Crippen LogP contribution in [0.25, 0.3) is 0 Å². The van der Waals surface area contributed by atoms with E-state index in [4.69, 9.17) is 4.74 Å². The average Bonchev–Trinajstić information content (AvgIpc) is 2.65. The van der Waals surface area contributed by atoms with Gasteiger partial charge in [0.15, 0.2) is 0 Å². The Morgan fingerprint density at radius 3 is 2.46 bits per heavy atom. The molecule has 0 aromatic heterocycles. The van der Waals surface area contributed by atoms with Gasteiger partial charge in [-0.1, -0.05) is 0 Å². The first-order chi connectivity index (χ1) is 6.27. The molecule has 3 heteroatoms. The van der Waals surface area contributed by atoms with E-state index in [0.29, 0.717) is 12.1 Å². The zero-order chi connectivity index (χ0) is 9.68. The van der Waals surface area contributed by atoms with Crippen molar-refractivity contribution in [1.82, 2.24) is 10.2 Å². The van der Waals surface area contributed by atoms with Gasteiger partial charge in [-0.15, -0.1) is 0 Å². The highest BCUT2D eigenvalue weighted by Gasteiger charge is 2.20. The van der Waals surface area contributed by atoms with E-state index in [0.717, 1.165) is 6.54 Å². The molecule has 1 fully saturated rings. The summed E-state index contributed by atoms with van der Waals surface area (Å²) in [5.41, 5.74) is 0. The summed E-state index contributed by atoms with van der Waals surface area (Å²) < 4.78 is 5.46. The van der Waals surface area contributed by atoms with Gasteiger partial charge in [-0.3, -0.25) is 0 Å². The molecule has 0 aromatic rings. The third-order valence-electron chi connectivity index (χ3n) is 2.95. The molecule has 1 heterocycles. The second-order valence-electron chi connectivity index (χ2n) is 3.86. The van der Waals surface area contributed by atoms with Gasteiger partial charge in [-0.25, -0.2) is 0 Å². The van der Waals surface area contributed by atoms with Crippen molar-refractivity contribution in [3.8, 4) is 0 Å². The lowest BCUT2D eigenvalue weighted by Gasteiger charge is -2.26. The summed E-state index contributed by atoms with van der Waals surface area (Å²) in [5.74, 6) is 0. The number of likely N-dealkylation sites (tertiary alicyclic amines) is 1. The van der Waals surface area contributed by atoms with Gasteiger partial charge in [-0.2, -0.15) is 0 Å². The van der Waals surface area contributed by atoms with Crippen molar-refractivity contribution in [2.24, 2.45) is 0 Å². The fourth-order valence-corrected chi connectivity index (χ4v) is 1.84. The molecule has 0 aromatic carbocycles. The van der Waals surface area contributed by atoms with Crippen molar-refractivity contribution in [2.45, 2.75) is 31.9 Å². The van der Waals surface area contributed by atoms with Crippen LogP contribution in [0.1, 0.15) is 19.8 Å². The van der Waals surface area contributed by atoms with Crippen LogP contribution in [0.5, 0.6) is 0 Å². The van der Waals surface area contributed by atoms with E-state index in [1.165, 1.54) is 25.9 Å². The zero-order valence-electron chi connectivity index (χ0n) is 9.05. The number of nitrogens with zero attached hydrogens (tertiary/aromatic N) is 1. The average molecular weight is 186 g/mol. The maximum absolute atomic E-state index is 5.46. The smallest absolute Gasteiger partial charge is 0.0847 e. The Balaban J connectivity index is 2.29. The van der Waals surface area contributed by atoms with E-state index in [9.17, 15) is 0 Å². The first-order valence-electron chi connectivity index (χ1n) is 5.20. The predicted octanol–water partition coefficient (Wildman–Crippen LogP) is 0.705. The standard InChI is InChI=1S/C10H22N2O/c1-9(11-2)10(13-3)8-12-6-4-5-7-12/h9-11H,4-8H2,1-3H3/t9-,10-/m1/s1. The van der Waals surface area contributed by atoms with Crippen molar-refractivity contribution < 1.29 is 4.74 Å². The SMILES string of the molecule is CN[C@H](C)[C@@H](CN1CCCC1)OC. The summed E-state index contributed by atoms with van der Waals surface area (Å²) in [7, 11) is 3.79. The number of nitrogens with one attached hydrogen (secondary N) is 1. The summed E-state index contributed by atoms with van der Waals surface area (Å²) >= 11 is 0. The number of rotatable bonds is 5. The summed E-state index contributed by atoms with van der Waals surface area (Å²) in [5, 5.41) is 3.24. The third-order valence-corrected chi connectivity index (χ3v) is 2.95. The van der Waals surface area contributed by atoms with Crippen molar-refractivity contribution in [3.63, 3.8) is 0 Å². The first-order valence-corrected chi connectivity index (χ1v) is 5.20. The van der Waals surface area contributed by atoms with Crippen LogP contribution in [-0.4, -0.2) is 50.8 Å². The second kappa shape index (κ2) is 5.58. The molecule has 0 aliphatic carbocycles. The molecule has 1 rings (SSSR count). The van der Waals surface area contributed by atoms with E-state index in [-0.39, 0.29) is 0 Å². The first kappa shape index (κ1) is 11.0. The van der Waals surface area contributed by atoms with Gasteiger partial charge in [0.25, 0.3) is 0 Å². The fraction of sp³-hybridized carbons (Fsp3) is 1.00. The Bertz CT molecular complexity index is 135. The number of hydrogen-bond donors (Lipinski definition) is 1. The lowest BCUT2D eigenvalue weighted by molar-refractivity contribution is 0.0485. The summed E-state index contributed by atoms with van der Waals surface area (Å²) in [6, 6.07) is 0.436. The van der Waals surface area contributed by atoms with Crippen molar-refractivity contribution >= 4 is 0 Å². The summed E-state index contributed by atoms with van der Waals surface area (Å²) in [6.07, 6.45) is 3.03. The van der Waals surface area contributed by atoms with E-state index >= 15 is 0 Å². The molecule has 13 heavy (non-hydrogen) atoms. The van der Waals surface area contributed by atoms with E-state index in [2.05, 4.69) is 17.1 Å². The molecule has 78 valence electrons. The minimum Gasteiger partial charge on any atom is -0.379 e. The van der Waals surface area contributed by atoms with Gasteiger partial charge in [0, 0.05) is 19.7 Å². The van der Waals surface area contributed by atoms with Crippen molar-refractivity contribution in [3.05, 3.63) is 0 Å².